The first-order valence-electron chi connectivity index (χ1n) is 5.83. The second kappa shape index (κ2) is 14.8. The standard InChI is InChI=1S/3C3H7.C3H6.Al/c4*1-3-2;/h3*1,3H2,2H3;3H,1H2,2H3;. The van der Waals surface area contributed by atoms with Crippen LogP contribution in [0.5, 0.6) is 0 Å². The zero-order valence-corrected chi connectivity index (χ0v) is 11.3. The summed E-state index contributed by atoms with van der Waals surface area (Å²) in [6.45, 7) is 12.2. The highest BCUT2D eigenvalue weighted by molar-refractivity contribution is 6.58. The molecule has 0 aromatic carbocycles. The lowest BCUT2D eigenvalue weighted by atomic mass is 10.5. The van der Waals surface area contributed by atoms with Gasteiger partial charge in [-0.25, -0.2) is 0 Å². The lowest BCUT2D eigenvalue weighted by Crippen LogP contribution is -2.09. The fourth-order valence-electron chi connectivity index (χ4n) is 1.66. The maximum Gasteiger partial charge on any atom is 0.261 e. The molecule has 0 heterocycles. The Morgan fingerprint density at radius 1 is 0.923 bits per heavy atom. The SMILES string of the molecule is C=CC.CC[CH2][Al]([CH2]CC)[CH2]CC. The Morgan fingerprint density at radius 2 is 1.15 bits per heavy atom. The Kier molecular flexibility index (Phi) is 17.9. The number of allylic oxidation sites excluding steroid dienone is 1. The molecule has 0 fully saturated rings. The average molecular weight is 198 g/mol. The van der Waals surface area contributed by atoms with E-state index >= 15 is 0 Å². The monoisotopic (exact) mass is 198 g/mol. The third-order valence-corrected chi connectivity index (χ3v) is 6.27. The van der Waals surface area contributed by atoms with Crippen molar-refractivity contribution in [3.8, 4) is 0 Å². The van der Waals surface area contributed by atoms with E-state index in [1.807, 2.05) is 6.92 Å². The molecule has 0 aliphatic carbocycles. The third-order valence-electron chi connectivity index (χ3n) is 2.09. The predicted octanol–water partition coefficient (Wildman–Crippen LogP) is 4.90. The molecule has 0 rings (SSSR count). The fraction of sp³-hybridized carbons (Fsp3) is 0.833. The van der Waals surface area contributed by atoms with Crippen LogP contribution in [0.15, 0.2) is 12.7 Å². The van der Waals surface area contributed by atoms with Gasteiger partial charge in [-0.05, 0) is 6.92 Å². The van der Waals surface area contributed by atoms with Crippen LogP contribution >= 0.6 is 0 Å². The molecule has 0 nitrogen and oxygen atoms in total. The van der Waals surface area contributed by atoms with Gasteiger partial charge in [0.05, 0.1) is 0 Å². The lowest BCUT2D eigenvalue weighted by molar-refractivity contribution is 0.957. The van der Waals surface area contributed by atoms with E-state index in [1.54, 1.807) is 21.9 Å². The summed E-state index contributed by atoms with van der Waals surface area (Å²) in [5.74, 6) is 0. The molecule has 0 saturated heterocycles. The summed E-state index contributed by atoms with van der Waals surface area (Å²) in [6, 6.07) is 0. The summed E-state index contributed by atoms with van der Waals surface area (Å²) >= 11 is -0.234. The predicted molar refractivity (Wildman–Crippen MR) is 66.9 cm³/mol. The summed E-state index contributed by atoms with van der Waals surface area (Å²) < 4.78 is 0. The number of hydrogen-bond donors (Lipinski definition) is 0. The molecule has 0 aromatic rings. The summed E-state index contributed by atoms with van der Waals surface area (Å²) in [5, 5.41) is 4.76. The molecular weight excluding hydrogens is 171 g/mol. The molecule has 0 saturated carbocycles. The van der Waals surface area contributed by atoms with Crippen LogP contribution in [0.1, 0.15) is 47.0 Å². The van der Waals surface area contributed by atoms with Crippen molar-refractivity contribution in [2.24, 2.45) is 0 Å². The topological polar surface area (TPSA) is 0 Å². The van der Waals surface area contributed by atoms with Gasteiger partial charge >= 0.3 is 0 Å². The fourth-order valence-corrected chi connectivity index (χ4v) is 4.97. The van der Waals surface area contributed by atoms with Crippen LogP contribution in [-0.4, -0.2) is 14.1 Å². The van der Waals surface area contributed by atoms with E-state index < -0.39 is 0 Å². The van der Waals surface area contributed by atoms with Gasteiger partial charge in [0.15, 0.2) is 0 Å². The summed E-state index contributed by atoms with van der Waals surface area (Å²) in [6.07, 6.45) is 6.03. The first-order valence-corrected chi connectivity index (χ1v) is 8.28. The highest BCUT2D eigenvalue weighted by Crippen LogP contribution is 2.11. The van der Waals surface area contributed by atoms with Crippen LogP contribution in [0.4, 0.5) is 0 Å². The van der Waals surface area contributed by atoms with Gasteiger partial charge in [0.1, 0.15) is 0 Å². The van der Waals surface area contributed by atoms with Gasteiger partial charge in [-0.15, -0.1) is 6.58 Å². The van der Waals surface area contributed by atoms with Gasteiger partial charge in [0, 0.05) is 0 Å². The van der Waals surface area contributed by atoms with E-state index in [2.05, 4.69) is 27.4 Å². The van der Waals surface area contributed by atoms with Crippen molar-refractivity contribution in [2.75, 3.05) is 0 Å². The summed E-state index contributed by atoms with van der Waals surface area (Å²) in [7, 11) is 0. The smallest absolute Gasteiger partial charge is 0.103 e. The molecule has 0 atom stereocenters. The first-order chi connectivity index (χ1) is 6.26. The van der Waals surface area contributed by atoms with Crippen molar-refractivity contribution in [2.45, 2.75) is 62.8 Å². The number of hydrogen-bond acceptors (Lipinski definition) is 0. The molecule has 13 heavy (non-hydrogen) atoms. The molecule has 0 N–H and O–H groups in total. The van der Waals surface area contributed by atoms with Crippen LogP contribution in [0.3, 0.4) is 0 Å². The van der Waals surface area contributed by atoms with Gasteiger partial charge in [-0.1, -0.05) is 62.0 Å². The van der Waals surface area contributed by atoms with Crippen LogP contribution in [-0.2, 0) is 0 Å². The zero-order valence-electron chi connectivity index (χ0n) is 10.1. The normalized spacial score (nSPS) is 8.62. The highest BCUT2D eigenvalue weighted by atomic mass is 27.2. The zero-order chi connectivity index (χ0) is 10.5. The Bertz CT molecular complexity index is 74.9. The molecule has 0 radical (unpaired) electrons. The van der Waals surface area contributed by atoms with Crippen molar-refractivity contribution >= 4 is 14.1 Å². The molecule has 0 amide bonds. The Labute approximate surface area is 89.8 Å². The third kappa shape index (κ3) is 15.1. The van der Waals surface area contributed by atoms with Crippen molar-refractivity contribution in [1.29, 1.82) is 0 Å². The van der Waals surface area contributed by atoms with E-state index in [0.29, 0.717) is 0 Å². The van der Waals surface area contributed by atoms with Gasteiger partial charge < -0.3 is 0 Å². The largest absolute Gasteiger partial charge is 0.261 e. The maximum absolute atomic E-state index is 3.36. The second-order valence-corrected chi connectivity index (χ2v) is 7.10. The molecule has 0 aromatic heterocycles. The van der Waals surface area contributed by atoms with Crippen LogP contribution in [0, 0.1) is 0 Å². The van der Waals surface area contributed by atoms with Crippen LogP contribution in [0.2, 0.25) is 15.8 Å². The molecular formula is C12H27Al. The summed E-state index contributed by atoms with van der Waals surface area (Å²) in [5.41, 5.74) is 0. The van der Waals surface area contributed by atoms with Crippen molar-refractivity contribution in [3.05, 3.63) is 12.7 Å². The molecule has 1 heteroatoms. The number of rotatable bonds is 6. The molecule has 0 unspecified atom stereocenters. The summed E-state index contributed by atoms with van der Waals surface area (Å²) in [4.78, 5) is 0. The van der Waals surface area contributed by atoms with Gasteiger partial charge in [-0.2, -0.15) is 0 Å². The Hall–Kier alpha value is 0.272. The van der Waals surface area contributed by atoms with E-state index in [4.69, 9.17) is 0 Å². The van der Waals surface area contributed by atoms with Crippen molar-refractivity contribution in [1.82, 2.24) is 0 Å². The molecule has 0 aliphatic rings. The Morgan fingerprint density at radius 3 is 1.31 bits per heavy atom. The van der Waals surface area contributed by atoms with Gasteiger partial charge in [0.25, 0.3) is 14.1 Å². The van der Waals surface area contributed by atoms with Gasteiger partial charge in [0.2, 0.25) is 0 Å². The van der Waals surface area contributed by atoms with E-state index in [0.717, 1.165) is 0 Å². The lowest BCUT2D eigenvalue weighted by Gasteiger charge is -2.06. The molecule has 78 valence electrons. The minimum Gasteiger partial charge on any atom is -0.103 e. The second-order valence-electron chi connectivity index (χ2n) is 3.64. The Balaban J connectivity index is 0. The van der Waals surface area contributed by atoms with Crippen LogP contribution < -0.4 is 0 Å². The molecule has 0 aliphatic heterocycles. The van der Waals surface area contributed by atoms with Gasteiger partial charge in [-0.3, -0.25) is 0 Å². The minimum absolute atomic E-state index is 0.234. The van der Waals surface area contributed by atoms with E-state index in [1.165, 1.54) is 19.3 Å². The van der Waals surface area contributed by atoms with Crippen molar-refractivity contribution in [3.63, 3.8) is 0 Å². The molecule has 0 spiro atoms. The molecule has 0 bridgehead atoms. The quantitative estimate of drug-likeness (QED) is 0.420. The van der Waals surface area contributed by atoms with E-state index in [-0.39, 0.29) is 14.1 Å². The first kappa shape index (κ1) is 15.7. The maximum atomic E-state index is 3.36. The minimum atomic E-state index is -0.234. The van der Waals surface area contributed by atoms with Crippen LogP contribution in [0.25, 0.3) is 0 Å². The van der Waals surface area contributed by atoms with E-state index in [9.17, 15) is 0 Å². The van der Waals surface area contributed by atoms with Crippen molar-refractivity contribution < 1.29 is 0 Å². The average Bonchev–Trinajstić information content (AvgIpc) is 2.07. The highest BCUT2D eigenvalue weighted by Gasteiger charge is 2.11.